The molecule has 0 saturated heterocycles. The predicted molar refractivity (Wildman–Crippen MR) is 133 cm³/mol. The van der Waals surface area contributed by atoms with E-state index in [1.807, 2.05) is 20.8 Å². The largest absolute Gasteiger partial charge is 0.508 e. The number of carboxylic acids is 1. The van der Waals surface area contributed by atoms with Crippen LogP contribution in [0.5, 0.6) is 5.75 Å². The van der Waals surface area contributed by atoms with E-state index in [-0.39, 0.29) is 42.6 Å². The van der Waals surface area contributed by atoms with Gasteiger partial charge < -0.3 is 20.3 Å². The van der Waals surface area contributed by atoms with Crippen molar-refractivity contribution in [2.24, 2.45) is 23.7 Å². The Balaban J connectivity index is 3.15. The van der Waals surface area contributed by atoms with Crippen molar-refractivity contribution in [3.63, 3.8) is 0 Å². The molecule has 8 heteroatoms. The van der Waals surface area contributed by atoms with E-state index in [1.165, 1.54) is 12.1 Å². The SMILES string of the molecule is CCC(C)[C@H](CC(=O)[C@H](Cc1ccc(O)cc1)NC(=O)[C@@H](CC(=O)OC(C)(C)C)C(C)C)C(=O)O. The number of rotatable bonds is 13. The molecule has 0 radical (unpaired) electrons. The van der Waals surface area contributed by atoms with Crippen LogP contribution in [0.2, 0.25) is 0 Å². The lowest BCUT2D eigenvalue weighted by Gasteiger charge is -2.27. The van der Waals surface area contributed by atoms with Crippen LogP contribution in [0, 0.1) is 23.7 Å². The van der Waals surface area contributed by atoms with E-state index in [0.717, 1.165) is 0 Å². The molecular formula is C27H41NO7. The molecule has 1 amide bonds. The van der Waals surface area contributed by atoms with E-state index in [1.54, 1.807) is 39.8 Å². The van der Waals surface area contributed by atoms with E-state index in [4.69, 9.17) is 4.74 Å². The first kappa shape index (κ1) is 30.1. The highest BCUT2D eigenvalue weighted by Crippen LogP contribution is 2.23. The number of phenols is 1. The highest BCUT2D eigenvalue weighted by molar-refractivity contribution is 5.93. The summed E-state index contributed by atoms with van der Waals surface area (Å²) in [7, 11) is 0. The van der Waals surface area contributed by atoms with Gasteiger partial charge in [-0.3, -0.25) is 19.2 Å². The molecule has 0 aliphatic carbocycles. The number of Topliss-reactive ketones (excluding diaryl/α,β-unsaturated/α-hetero) is 1. The van der Waals surface area contributed by atoms with Crippen molar-refractivity contribution in [2.45, 2.75) is 85.8 Å². The number of aromatic hydroxyl groups is 1. The van der Waals surface area contributed by atoms with E-state index < -0.39 is 41.3 Å². The van der Waals surface area contributed by atoms with Gasteiger partial charge in [0.15, 0.2) is 5.78 Å². The molecule has 0 aliphatic rings. The quantitative estimate of drug-likeness (QED) is 0.354. The van der Waals surface area contributed by atoms with Gasteiger partial charge in [0.25, 0.3) is 0 Å². The molecule has 1 aromatic carbocycles. The van der Waals surface area contributed by atoms with Crippen molar-refractivity contribution in [2.75, 3.05) is 0 Å². The Morgan fingerprint density at radius 3 is 2.00 bits per heavy atom. The number of carbonyl (C=O) groups is 4. The van der Waals surface area contributed by atoms with Crippen LogP contribution in [0.4, 0.5) is 0 Å². The molecule has 0 fully saturated rings. The standard InChI is InChI=1S/C27H41NO7/c1-8-17(4)21(26(33)34)14-23(30)22(13-18-9-11-19(29)12-10-18)28-25(32)20(16(2)3)15-24(31)35-27(5,6)7/h9-12,16-17,20-22,29H,8,13-15H2,1-7H3,(H,28,32)(H,33,34)/t17?,20-,21-,22-/m0/s1. The molecule has 196 valence electrons. The van der Waals surface area contributed by atoms with E-state index in [0.29, 0.717) is 12.0 Å². The number of ether oxygens (including phenoxy) is 1. The van der Waals surface area contributed by atoms with Crippen molar-refractivity contribution in [1.29, 1.82) is 0 Å². The van der Waals surface area contributed by atoms with Crippen LogP contribution in [0.3, 0.4) is 0 Å². The van der Waals surface area contributed by atoms with Gasteiger partial charge in [-0.1, -0.05) is 46.2 Å². The average Bonchev–Trinajstić information content (AvgIpc) is 2.74. The third kappa shape index (κ3) is 10.5. The van der Waals surface area contributed by atoms with Crippen molar-refractivity contribution < 1.29 is 34.1 Å². The van der Waals surface area contributed by atoms with Gasteiger partial charge in [0.2, 0.25) is 5.91 Å². The van der Waals surface area contributed by atoms with Crippen molar-refractivity contribution >= 4 is 23.6 Å². The normalized spacial score (nSPS) is 15.1. The second-order valence-electron chi connectivity index (χ2n) is 10.6. The second kappa shape index (κ2) is 13.3. The average molecular weight is 492 g/mol. The summed E-state index contributed by atoms with van der Waals surface area (Å²) >= 11 is 0. The summed E-state index contributed by atoms with van der Waals surface area (Å²) in [4.78, 5) is 50.7. The van der Waals surface area contributed by atoms with E-state index >= 15 is 0 Å². The molecule has 0 aromatic heterocycles. The molecule has 0 heterocycles. The van der Waals surface area contributed by atoms with Gasteiger partial charge in [0, 0.05) is 6.42 Å². The highest BCUT2D eigenvalue weighted by atomic mass is 16.6. The lowest BCUT2D eigenvalue weighted by Crippen LogP contribution is -2.47. The highest BCUT2D eigenvalue weighted by Gasteiger charge is 2.33. The first-order chi connectivity index (χ1) is 16.1. The predicted octanol–water partition coefficient (Wildman–Crippen LogP) is 4.13. The Morgan fingerprint density at radius 1 is 0.971 bits per heavy atom. The number of amides is 1. The molecule has 0 aliphatic heterocycles. The summed E-state index contributed by atoms with van der Waals surface area (Å²) in [5, 5.41) is 22.0. The fraction of sp³-hybridized carbons (Fsp3) is 0.630. The van der Waals surface area contributed by atoms with Gasteiger partial charge in [-0.25, -0.2) is 0 Å². The Kier molecular flexibility index (Phi) is 11.4. The number of carbonyl (C=O) groups excluding carboxylic acids is 3. The minimum atomic E-state index is -1.05. The number of nitrogens with one attached hydrogen (secondary N) is 1. The molecule has 3 N–H and O–H groups in total. The smallest absolute Gasteiger partial charge is 0.307 e. The molecule has 4 atom stereocenters. The van der Waals surface area contributed by atoms with Gasteiger partial charge in [-0.2, -0.15) is 0 Å². The van der Waals surface area contributed by atoms with Gasteiger partial charge in [0.05, 0.1) is 24.3 Å². The minimum Gasteiger partial charge on any atom is -0.508 e. The maximum absolute atomic E-state index is 13.3. The van der Waals surface area contributed by atoms with Gasteiger partial charge in [-0.15, -0.1) is 0 Å². The number of benzene rings is 1. The zero-order valence-corrected chi connectivity index (χ0v) is 22.0. The molecule has 1 rings (SSSR count). The van der Waals surface area contributed by atoms with Crippen LogP contribution in [0.15, 0.2) is 24.3 Å². The van der Waals surface area contributed by atoms with Crippen molar-refractivity contribution in [3.05, 3.63) is 29.8 Å². The van der Waals surface area contributed by atoms with Crippen LogP contribution >= 0.6 is 0 Å². The van der Waals surface area contributed by atoms with E-state index in [9.17, 15) is 29.4 Å². The number of phenolic OH excluding ortho intramolecular Hbond substituents is 1. The number of aliphatic carboxylic acids is 1. The topological polar surface area (TPSA) is 130 Å². The zero-order chi connectivity index (χ0) is 26.9. The van der Waals surface area contributed by atoms with Crippen molar-refractivity contribution in [3.8, 4) is 5.75 Å². The van der Waals surface area contributed by atoms with Crippen LogP contribution in [-0.4, -0.2) is 45.5 Å². The minimum absolute atomic E-state index is 0.0700. The third-order valence-corrected chi connectivity index (χ3v) is 6.10. The number of carboxylic acid groups (broad SMARTS) is 1. The maximum Gasteiger partial charge on any atom is 0.307 e. The lowest BCUT2D eigenvalue weighted by atomic mass is 9.85. The lowest BCUT2D eigenvalue weighted by molar-refractivity contribution is -0.158. The fourth-order valence-electron chi connectivity index (χ4n) is 3.76. The molecule has 0 saturated carbocycles. The molecule has 1 aromatic rings. The Labute approximate surface area is 208 Å². The summed E-state index contributed by atoms with van der Waals surface area (Å²) in [5.41, 5.74) is 0.0129. The van der Waals surface area contributed by atoms with Crippen LogP contribution in [0.25, 0.3) is 0 Å². The number of ketones is 1. The Morgan fingerprint density at radius 2 is 1.54 bits per heavy atom. The molecule has 8 nitrogen and oxygen atoms in total. The summed E-state index contributed by atoms with van der Waals surface area (Å²) < 4.78 is 5.37. The van der Waals surface area contributed by atoms with Crippen LogP contribution in [-0.2, 0) is 30.3 Å². The van der Waals surface area contributed by atoms with Crippen LogP contribution < -0.4 is 5.32 Å². The number of hydrogen-bond acceptors (Lipinski definition) is 6. The Hall–Kier alpha value is -2.90. The first-order valence-electron chi connectivity index (χ1n) is 12.2. The summed E-state index contributed by atoms with van der Waals surface area (Å²) in [6.45, 7) is 12.5. The molecule has 0 bridgehead atoms. The molecular weight excluding hydrogens is 450 g/mol. The Bertz CT molecular complexity index is 871. The maximum atomic E-state index is 13.3. The summed E-state index contributed by atoms with van der Waals surface area (Å²) in [5.74, 6) is -4.32. The number of esters is 1. The van der Waals surface area contributed by atoms with Gasteiger partial charge in [-0.05, 0) is 56.7 Å². The molecule has 1 unspecified atom stereocenters. The summed E-state index contributed by atoms with van der Waals surface area (Å²) in [6, 6.07) is 5.28. The molecule has 0 spiro atoms. The monoisotopic (exact) mass is 491 g/mol. The third-order valence-electron chi connectivity index (χ3n) is 6.10. The van der Waals surface area contributed by atoms with E-state index in [2.05, 4.69) is 5.32 Å². The number of hydrogen-bond donors (Lipinski definition) is 3. The molecule has 35 heavy (non-hydrogen) atoms. The van der Waals surface area contributed by atoms with Gasteiger partial charge in [0.1, 0.15) is 11.4 Å². The second-order valence-corrected chi connectivity index (χ2v) is 10.6. The van der Waals surface area contributed by atoms with Crippen LogP contribution in [0.1, 0.15) is 73.3 Å². The zero-order valence-electron chi connectivity index (χ0n) is 22.0. The summed E-state index contributed by atoms with van der Waals surface area (Å²) in [6.07, 6.45) is 0.386. The first-order valence-corrected chi connectivity index (χ1v) is 12.2. The van der Waals surface area contributed by atoms with Crippen molar-refractivity contribution in [1.82, 2.24) is 5.32 Å². The van der Waals surface area contributed by atoms with Gasteiger partial charge >= 0.3 is 11.9 Å². The fourth-order valence-corrected chi connectivity index (χ4v) is 3.76.